The number of ether oxygens (including phenoxy) is 1. The summed E-state index contributed by atoms with van der Waals surface area (Å²) in [6.45, 7) is 7.71. The predicted molar refractivity (Wildman–Crippen MR) is 107 cm³/mol. The van der Waals surface area contributed by atoms with E-state index in [9.17, 15) is 9.18 Å². The number of rotatable bonds is 6. The van der Waals surface area contributed by atoms with Gasteiger partial charge in [0.2, 0.25) is 5.95 Å². The molecule has 2 aliphatic heterocycles. The molecule has 2 fully saturated rings. The standard InChI is InChI=1S/C22H27FN4O2/c1-2-26-12-19(14-29-13-17-4-3-7-24-11-17)22(15-26)6-9-27(16-22)21(28)18-5-8-25-20(23)10-18/h3-5,7-8,10-11,19H,2,6,9,12-16H2,1H3/t19-,22+/m0/s1. The maximum atomic E-state index is 13.4. The van der Waals surface area contributed by atoms with E-state index in [0.717, 1.165) is 31.6 Å². The number of halogens is 1. The lowest BCUT2D eigenvalue weighted by Crippen LogP contribution is -2.38. The largest absolute Gasteiger partial charge is 0.376 e. The van der Waals surface area contributed by atoms with Gasteiger partial charge in [0.25, 0.3) is 5.91 Å². The van der Waals surface area contributed by atoms with Crippen molar-refractivity contribution in [3.8, 4) is 0 Å². The summed E-state index contributed by atoms with van der Waals surface area (Å²) in [5.74, 6) is -0.372. The fourth-order valence-electron chi connectivity index (χ4n) is 4.67. The van der Waals surface area contributed by atoms with Gasteiger partial charge in [0, 0.05) is 67.7 Å². The number of nitrogens with zero attached hydrogens (tertiary/aromatic N) is 4. The van der Waals surface area contributed by atoms with Crippen molar-refractivity contribution in [2.75, 3.05) is 39.3 Å². The molecule has 0 unspecified atom stereocenters. The lowest BCUT2D eigenvalue weighted by molar-refractivity contribution is 0.0495. The van der Waals surface area contributed by atoms with Gasteiger partial charge >= 0.3 is 0 Å². The molecule has 29 heavy (non-hydrogen) atoms. The van der Waals surface area contributed by atoms with Gasteiger partial charge in [-0.15, -0.1) is 0 Å². The van der Waals surface area contributed by atoms with Crippen LogP contribution in [0.15, 0.2) is 42.9 Å². The Labute approximate surface area is 170 Å². The molecule has 2 atom stereocenters. The molecule has 2 aliphatic rings. The zero-order valence-electron chi connectivity index (χ0n) is 16.8. The molecule has 1 spiro atoms. The summed E-state index contributed by atoms with van der Waals surface area (Å²) in [6.07, 6.45) is 5.88. The lowest BCUT2D eigenvalue weighted by atomic mass is 9.77. The third-order valence-electron chi connectivity index (χ3n) is 6.29. The van der Waals surface area contributed by atoms with Crippen molar-refractivity contribution in [3.05, 3.63) is 59.9 Å². The Morgan fingerprint density at radius 3 is 3.00 bits per heavy atom. The van der Waals surface area contributed by atoms with Gasteiger partial charge in [-0.05, 0) is 30.7 Å². The minimum Gasteiger partial charge on any atom is -0.376 e. The monoisotopic (exact) mass is 398 g/mol. The zero-order chi connectivity index (χ0) is 20.3. The molecule has 6 nitrogen and oxygen atoms in total. The van der Waals surface area contributed by atoms with Crippen LogP contribution in [-0.4, -0.2) is 65.0 Å². The lowest BCUT2D eigenvalue weighted by Gasteiger charge is -2.30. The molecular weight excluding hydrogens is 371 g/mol. The molecule has 0 bridgehead atoms. The third-order valence-corrected chi connectivity index (χ3v) is 6.29. The second kappa shape index (κ2) is 8.55. The number of hydrogen-bond donors (Lipinski definition) is 0. The first-order valence-corrected chi connectivity index (χ1v) is 10.2. The van der Waals surface area contributed by atoms with Gasteiger partial charge in [-0.2, -0.15) is 4.39 Å². The van der Waals surface area contributed by atoms with Crippen molar-refractivity contribution in [1.29, 1.82) is 0 Å². The van der Waals surface area contributed by atoms with E-state index >= 15 is 0 Å². The summed E-state index contributed by atoms with van der Waals surface area (Å²) in [7, 11) is 0. The number of hydrogen-bond acceptors (Lipinski definition) is 5. The number of aromatic nitrogens is 2. The number of likely N-dealkylation sites (tertiary alicyclic amines) is 2. The molecule has 0 aromatic carbocycles. The third kappa shape index (κ3) is 4.31. The first-order valence-electron chi connectivity index (χ1n) is 10.2. The van der Waals surface area contributed by atoms with Gasteiger partial charge in [0.05, 0.1) is 13.2 Å². The van der Waals surface area contributed by atoms with Crippen molar-refractivity contribution >= 4 is 5.91 Å². The van der Waals surface area contributed by atoms with Crippen LogP contribution in [0.3, 0.4) is 0 Å². The zero-order valence-corrected chi connectivity index (χ0v) is 16.8. The van der Waals surface area contributed by atoms with Crippen LogP contribution in [0.2, 0.25) is 0 Å². The average molecular weight is 398 g/mol. The van der Waals surface area contributed by atoms with Crippen molar-refractivity contribution < 1.29 is 13.9 Å². The second-order valence-electron chi connectivity index (χ2n) is 8.11. The normalized spacial score (nSPS) is 24.5. The molecule has 7 heteroatoms. The fourth-order valence-corrected chi connectivity index (χ4v) is 4.67. The topological polar surface area (TPSA) is 58.6 Å². The highest BCUT2D eigenvalue weighted by atomic mass is 19.1. The molecule has 4 rings (SSSR count). The second-order valence-corrected chi connectivity index (χ2v) is 8.11. The van der Waals surface area contributed by atoms with E-state index in [0.29, 0.717) is 37.8 Å². The molecule has 0 aliphatic carbocycles. The average Bonchev–Trinajstić information content (AvgIpc) is 3.32. The van der Waals surface area contributed by atoms with E-state index in [1.807, 2.05) is 23.2 Å². The number of carbonyl (C=O) groups is 1. The molecule has 154 valence electrons. The number of carbonyl (C=O) groups excluding carboxylic acids is 1. The highest BCUT2D eigenvalue weighted by molar-refractivity contribution is 5.94. The van der Waals surface area contributed by atoms with Crippen LogP contribution in [0.25, 0.3) is 0 Å². The minimum atomic E-state index is -0.621. The number of pyridine rings is 2. The van der Waals surface area contributed by atoms with Crippen LogP contribution >= 0.6 is 0 Å². The van der Waals surface area contributed by atoms with E-state index in [1.54, 1.807) is 12.3 Å². The van der Waals surface area contributed by atoms with Crippen LogP contribution in [0.1, 0.15) is 29.3 Å². The van der Waals surface area contributed by atoms with Crippen molar-refractivity contribution in [2.45, 2.75) is 20.0 Å². The Kier molecular flexibility index (Phi) is 5.87. The maximum absolute atomic E-state index is 13.4. The molecule has 0 radical (unpaired) electrons. The number of amides is 1. The maximum Gasteiger partial charge on any atom is 0.254 e. The van der Waals surface area contributed by atoms with Gasteiger partial charge < -0.3 is 14.5 Å². The Bertz CT molecular complexity index is 850. The molecule has 4 heterocycles. The molecule has 1 amide bonds. The van der Waals surface area contributed by atoms with Crippen molar-refractivity contribution in [1.82, 2.24) is 19.8 Å². The highest BCUT2D eigenvalue weighted by Gasteiger charge is 2.50. The van der Waals surface area contributed by atoms with Gasteiger partial charge in [0.15, 0.2) is 0 Å². The van der Waals surface area contributed by atoms with Gasteiger partial charge in [-0.1, -0.05) is 13.0 Å². The van der Waals surface area contributed by atoms with Crippen molar-refractivity contribution in [2.24, 2.45) is 11.3 Å². The van der Waals surface area contributed by atoms with E-state index in [-0.39, 0.29) is 11.3 Å². The minimum absolute atomic E-state index is 0.0339. The first-order chi connectivity index (χ1) is 14.1. The molecular formula is C22H27FN4O2. The van der Waals surface area contributed by atoms with Crippen LogP contribution in [-0.2, 0) is 11.3 Å². The van der Waals surface area contributed by atoms with Crippen LogP contribution in [0.4, 0.5) is 4.39 Å². The first kappa shape index (κ1) is 19.9. The van der Waals surface area contributed by atoms with E-state index in [1.165, 1.54) is 12.3 Å². The molecule has 0 N–H and O–H groups in total. The molecule has 2 aromatic heterocycles. The Morgan fingerprint density at radius 1 is 1.34 bits per heavy atom. The van der Waals surface area contributed by atoms with Gasteiger partial charge in [0.1, 0.15) is 0 Å². The highest BCUT2D eigenvalue weighted by Crippen LogP contribution is 2.44. The summed E-state index contributed by atoms with van der Waals surface area (Å²) >= 11 is 0. The van der Waals surface area contributed by atoms with Gasteiger partial charge in [-0.25, -0.2) is 4.98 Å². The van der Waals surface area contributed by atoms with E-state index < -0.39 is 5.95 Å². The molecule has 2 saturated heterocycles. The van der Waals surface area contributed by atoms with E-state index in [2.05, 4.69) is 21.8 Å². The SMILES string of the molecule is CCN1C[C@@H](COCc2cccnc2)[C@]2(CCN(C(=O)c3ccnc(F)c3)C2)C1. The fraction of sp³-hybridized carbons (Fsp3) is 0.500. The van der Waals surface area contributed by atoms with E-state index in [4.69, 9.17) is 4.74 Å². The molecule has 0 saturated carbocycles. The molecule has 2 aromatic rings. The van der Waals surface area contributed by atoms with Crippen LogP contribution < -0.4 is 0 Å². The smallest absolute Gasteiger partial charge is 0.254 e. The summed E-state index contributed by atoms with van der Waals surface area (Å²) in [4.78, 5) is 24.9. The van der Waals surface area contributed by atoms with Crippen LogP contribution in [0, 0.1) is 17.3 Å². The summed E-state index contributed by atoms with van der Waals surface area (Å²) in [6, 6.07) is 6.73. The quantitative estimate of drug-likeness (QED) is 0.700. The van der Waals surface area contributed by atoms with Crippen molar-refractivity contribution in [3.63, 3.8) is 0 Å². The van der Waals surface area contributed by atoms with Crippen LogP contribution in [0.5, 0.6) is 0 Å². The summed E-state index contributed by atoms with van der Waals surface area (Å²) < 4.78 is 19.5. The van der Waals surface area contributed by atoms with Gasteiger partial charge in [-0.3, -0.25) is 9.78 Å². The Morgan fingerprint density at radius 2 is 2.24 bits per heavy atom. The summed E-state index contributed by atoms with van der Waals surface area (Å²) in [5.41, 5.74) is 1.46. The Balaban J connectivity index is 1.42. The Hall–Kier alpha value is -2.38. The summed E-state index contributed by atoms with van der Waals surface area (Å²) in [5, 5.41) is 0. The predicted octanol–water partition coefficient (Wildman–Crippen LogP) is 2.62.